The van der Waals surface area contributed by atoms with E-state index in [0.717, 1.165) is 17.1 Å². The predicted octanol–water partition coefficient (Wildman–Crippen LogP) is -0.473. The van der Waals surface area contributed by atoms with Crippen molar-refractivity contribution in [3.8, 4) is 11.4 Å². The third-order valence-corrected chi connectivity index (χ3v) is 13.2. The van der Waals surface area contributed by atoms with Gasteiger partial charge in [-0.05, 0) is 61.4 Å². The Kier molecular flexibility index (Phi) is 13.9. The van der Waals surface area contributed by atoms with Gasteiger partial charge in [0.2, 0.25) is 35.4 Å². The molecule has 7 N–H and O–H groups in total. The van der Waals surface area contributed by atoms with Gasteiger partial charge in [-0.1, -0.05) is 37.3 Å². The van der Waals surface area contributed by atoms with Crippen LogP contribution >= 0.6 is 0 Å². The van der Waals surface area contributed by atoms with Crippen molar-refractivity contribution >= 4 is 64.1 Å². The summed E-state index contributed by atoms with van der Waals surface area (Å²) in [4.78, 5) is 134. The summed E-state index contributed by atoms with van der Waals surface area (Å²) in [5.41, 5.74) is 1.59. The first-order valence-corrected chi connectivity index (χ1v) is 23.0. The number of aliphatic hydroxyl groups is 1. The van der Waals surface area contributed by atoms with Crippen molar-refractivity contribution in [2.75, 3.05) is 26.2 Å². The molecule has 1 aliphatic carbocycles. The molecule has 2 aromatic heterocycles. The van der Waals surface area contributed by atoms with Crippen molar-refractivity contribution in [3.63, 3.8) is 0 Å². The van der Waals surface area contributed by atoms with Crippen molar-refractivity contribution in [1.82, 2.24) is 46.4 Å². The molecule has 0 unspecified atom stereocenters. The van der Waals surface area contributed by atoms with E-state index in [1.54, 1.807) is 50.2 Å². The molecule has 8 amide bonds. The van der Waals surface area contributed by atoms with E-state index in [9.17, 15) is 53.1 Å². The second-order valence-electron chi connectivity index (χ2n) is 17.7. The number of hydrogen-bond donors (Lipinski definition) is 7. The number of pyridine rings is 2. The summed E-state index contributed by atoms with van der Waals surface area (Å²) < 4.78 is 22.1. The van der Waals surface area contributed by atoms with Gasteiger partial charge in [0.1, 0.15) is 24.5 Å². The number of ether oxygens (including phenoxy) is 1. The van der Waals surface area contributed by atoms with Gasteiger partial charge in [0.15, 0.2) is 5.60 Å². The number of aryl methyl sites for hydroxylation is 1. The zero-order chi connectivity index (χ0) is 50.9. The molecular weight excluding hydrogens is 926 g/mol. The molecule has 0 saturated heterocycles. The second-order valence-corrected chi connectivity index (χ2v) is 17.7. The fourth-order valence-corrected chi connectivity index (χ4v) is 9.32. The predicted molar refractivity (Wildman–Crippen MR) is 248 cm³/mol. The van der Waals surface area contributed by atoms with Crippen molar-refractivity contribution < 1.29 is 57.4 Å². The number of carbonyl (C=O) groups excluding carboxylic acids is 9. The van der Waals surface area contributed by atoms with Crippen LogP contribution in [-0.2, 0) is 79.5 Å². The third-order valence-electron chi connectivity index (χ3n) is 13.2. The van der Waals surface area contributed by atoms with E-state index in [4.69, 9.17) is 9.72 Å². The number of fused-ring (bicyclic) bond motifs is 5. The zero-order valence-electron chi connectivity index (χ0n) is 38.9. The maximum absolute atomic E-state index is 15.4. The van der Waals surface area contributed by atoms with E-state index < -0.39 is 108 Å². The van der Waals surface area contributed by atoms with Crippen LogP contribution in [0.4, 0.5) is 4.39 Å². The summed E-state index contributed by atoms with van der Waals surface area (Å²) in [5.74, 6) is -6.66. The van der Waals surface area contributed by atoms with E-state index in [0.29, 0.717) is 57.4 Å². The highest BCUT2D eigenvalue weighted by molar-refractivity contribution is 6.13. The highest BCUT2D eigenvalue weighted by Crippen LogP contribution is 2.46. The number of nitrogens with zero attached hydrogens (tertiary/aromatic N) is 3. The van der Waals surface area contributed by atoms with Gasteiger partial charge < -0.3 is 46.3 Å². The Morgan fingerprint density at radius 3 is 2.27 bits per heavy atom. The molecule has 4 atom stereocenters. The highest BCUT2D eigenvalue weighted by atomic mass is 19.1. The van der Waals surface area contributed by atoms with E-state index in [1.165, 1.54) is 17.6 Å². The highest BCUT2D eigenvalue weighted by Gasteiger charge is 2.46. The Morgan fingerprint density at radius 2 is 1.55 bits per heavy atom. The summed E-state index contributed by atoms with van der Waals surface area (Å²) in [5, 5.41) is 27.3. The SMILES string of the molecule is CC[C@@]1(O)C(=O)OCc2c1cc1n(c2=O)Cc2c-1nc1cc(F)c(C)c3c1c2[C@@H](NC(=O)[C@H](C)NC(=O)CNC(=O)[C@H](Cc1ccccc1)NC(=O)CNC(=O)CNC(=O)CCN1C(=O)C=CC1=O)CC3. The Morgan fingerprint density at radius 1 is 0.873 bits per heavy atom. The minimum atomic E-state index is -2.07. The van der Waals surface area contributed by atoms with Crippen LogP contribution in [0.3, 0.4) is 0 Å². The Balaban J connectivity index is 0.896. The molecule has 3 aliphatic heterocycles. The first-order chi connectivity index (χ1) is 33.9. The normalized spacial score (nSPS) is 18.1. The molecule has 5 heterocycles. The summed E-state index contributed by atoms with van der Waals surface area (Å²) >= 11 is 0. The van der Waals surface area contributed by atoms with Crippen molar-refractivity contribution in [2.45, 2.75) is 89.8 Å². The van der Waals surface area contributed by atoms with Gasteiger partial charge in [0.25, 0.3) is 17.4 Å². The standard InChI is InChI=1S/C49H50FN9O12/c1-4-49(70)30-17-35-44-28(22-59(35)47(68)29(30)23-71-48(49)69)43-32(11-10-27-24(2)31(50)18-33(56-44)42(27)43)57-45(66)25(3)54-38(62)21-53-46(67)34(16-26-8-6-5-7-9-26)55-39(63)20-52-37(61)19-51-36(60)14-15-58-40(64)12-13-41(58)65/h5-9,12-13,17-18,25,32,34,70H,4,10-11,14-16,19-23H2,1-3H3,(H,51,60)(H,52,61)(H,53,67)(H,54,62)(H,55,63)(H,57,66)/t25-,32-,34-,49-/m0/s1. The van der Waals surface area contributed by atoms with Gasteiger partial charge in [-0.3, -0.25) is 48.1 Å². The van der Waals surface area contributed by atoms with Crippen LogP contribution in [0.2, 0.25) is 0 Å². The molecule has 8 rings (SSSR count). The molecule has 0 radical (unpaired) electrons. The molecular formula is C49H50FN9O12. The van der Waals surface area contributed by atoms with Gasteiger partial charge in [-0.2, -0.15) is 0 Å². The largest absolute Gasteiger partial charge is 0.458 e. The first-order valence-electron chi connectivity index (χ1n) is 23.0. The minimum absolute atomic E-state index is 0.000132. The Labute approximate surface area is 403 Å². The van der Waals surface area contributed by atoms with Gasteiger partial charge in [-0.25, -0.2) is 14.2 Å². The Hall–Kier alpha value is -8.14. The summed E-state index contributed by atoms with van der Waals surface area (Å²) in [6, 6.07) is 8.48. The fourth-order valence-electron chi connectivity index (χ4n) is 9.32. The lowest BCUT2D eigenvalue weighted by Crippen LogP contribution is -2.53. The quantitative estimate of drug-likeness (QED) is 0.0459. The lowest BCUT2D eigenvalue weighted by Gasteiger charge is -2.31. The van der Waals surface area contributed by atoms with Crippen LogP contribution < -0.4 is 37.5 Å². The number of nitrogens with one attached hydrogen (secondary N) is 6. The average molecular weight is 976 g/mol. The summed E-state index contributed by atoms with van der Waals surface area (Å²) in [7, 11) is 0. The molecule has 71 heavy (non-hydrogen) atoms. The van der Waals surface area contributed by atoms with Crippen LogP contribution in [-0.4, -0.2) is 111 Å². The number of imide groups is 1. The molecule has 4 aromatic rings. The molecule has 0 bridgehead atoms. The second kappa shape index (κ2) is 20.1. The maximum atomic E-state index is 15.4. The van der Waals surface area contributed by atoms with Crippen LogP contribution in [0.15, 0.2) is 59.4 Å². The van der Waals surface area contributed by atoms with Crippen molar-refractivity contribution in [2.24, 2.45) is 0 Å². The number of carbonyl (C=O) groups is 9. The monoisotopic (exact) mass is 975 g/mol. The third kappa shape index (κ3) is 9.87. The average Bonchev–Trinajstić information content (AvgIpc) is 3.89. The number of hydrogen-bond acceptors (Lipinski definition) is 13. The maximum Gasteiger partial charge on any atom is 0.343 e. The smallest absolute Gasteiger partial charge is 0.343 e. The molecule has 370 valence electrons. The fraction of sp³-hybridized carbons (Fsp3) is 0.367. The van der Waals surface area contributed by atoms with E-state index in [1.807, 2.05) is 0 Å². The number of halogens is 1. The van der Waals surface area contributed by atoms with Gasteiger partial charge >= 0.3 is 5.97 Å². The molecule has 0 saturated carbocycles. The van der Waals surface area contributed by atoms with Crippen LogP contribution in [0, 0.1) is 12.7 Å². The summed E-state index contributed by atoms with van der Waals surface area (Å²) in [6.07, 6.45) is 2.55. The van der Waals surface area contributed by atoms with Crippen molar-refractivity contribution in [3.05, 3.63) is 110 Å². The van der Waals surface area contributed by atoms with Gasteiger partial charge in [-0.15, -0.1) is 0 Å². The van der Waals surface area contributed by atoms with E-state index >= 15 is 4.39 Å². The number of amides is 8. The molecule has 0 spiro atoms. The molecule has 4 aliphatic rings. The molecule has 22 heteroatoms. The number of benzene rings is 2. The van der Waals surface area contributed by atoms with Crippen LogP contribution in [0.25, 0.3) is 22.3 Å². The van der Waals surface area contributed by atoms with E-state index in [2.05, 4.69) is 31.9 Å². The first kappa shape index (κ1) is 49.3. The number of cyclic esters (lactones) is 1. The van der Waals surface area contributed by atoms with Crippen molar-refractivity contribution in [1.29, 1.82) is 0 Å². The number of rotatable bonds is 17. The summed E-state index contributed by atoms with van der Waals surface area (Å²) in [6.45, 7) is 2.54. The molecule has 2 aromatic carbocycles. The molecule has 21 nitrogen and oxygen atoms in total. The lowest BCUT2D eigenvalue weighted by atomic mass is 9.81. The van der Waals surface area contributed by atoms with E-state index in [-0.39, 0.29) is 55.6 Å². The topological polar surface area (TPSA) is 293 Å². The van der Waals surface area contributed by atoms with Crippen LogP contribution in [0.5, 0.6) is 0 Å². The van der Waals surface area contributed by atoms with Gasteiger partial charge in [0, 0.05) is 54.1 Å². The Bertz CT molecular complexity index is 3030. The zero-order valence-corrected chi connectivity index (χ0v) is 38.9. The number of aromatic nitrogens is 2. The molecule has 0 fully saturated rings. The van der Waals surface area contributed by atoms with Crippen LogP contribution in [0.1, 0.15) is 78.1 Å². The van der Waals surface area contributed by atoms with Gasteiger partial charge in [0.05, 0.1) is 54.7 Å². The minimum Gasteiger partial charge on any atom is -0.458 e. The lowest BCUT2D eigenvalue weighted by molar-refractivity contribution is -0.172. The number of esters is 1.